The molecule has 0 aliphatic carbocycles. The van der Waals surface area contributed by atoms with Crippen molar-refractivity contribution in [3.63, 3.8) is 0 Å². The van der Waals surface area contributed by atoms with Crippen molar-refractivity contribution < 1.29 is 4.79 Å². The van der Waals surface area contributed by atoms with Crippen LogP contribution in [0.2, 0.25) is 0 Å². The highest BCUT2D eigenvalue weighted by atomic mass is 32.2. The first-order valence-electron chi connectivity index (χ1n) is 9.69. The molecule has 1 heterocycles. The highest BCUT2D eigenvalue weighted by molar-refractivity contribution is 8.00. The molecule has 3 rings (SSSR count). The molecule has 0 saturated carbocycles. The largest absolute Gasteiger partial charge is 0.337 e. The minimum atomic E-state index is -0.231. The third kappa shape index (κ3) is 4.20. The average molecular weight is 394 g/mol. The lowest BCUT2D eigenvalue weighted by molar-refractivity contribution is -0.133. The Morgan fingerprint density at radius 1 is 0.821 bits per heavy atom. The maximum absolute atomic E-state index is 13.0. The second-order valence-electron chi connectivity index (χ2n) is 7.46. The van der Waals surface area contributed by atoms with E-state index in [1.807, 2.05) is 54.3 Å². The molecule has 4 nitrogen and oxygen atoms in total. The zero-order chi connectivity index (χ0) is 20.3. The first-order chi connectivity index (χ1) is 13.4. The fourth-order valence-corrected chi connectivity index (χ4v) is 4.46. The molecular formula is C23H27N3OS. The van der Waals surface area contributed by atoms with Gasteiger partial charge in [0, 0.05) is 28.4 Å². The highest BCUT2D eigenvalue weighted by Gasteiger charge is 2.27. The number of nitrogens with zero attached hydrogens (tertiary/aromatic N) is 3. The number of rotatable bonds is 6. The van der Waals surface area contributed by atoms with Crippen LogP contribution in [-0.2, 0) is 4.79 Å². The molecule has 0 radical (unpaired) electrons. The lowest BCUT2D eigenvalue weighted by Crippen LogP contribution is -2.45. The molecule has 0 bridgehead atoms. The average Bonchev–Trinajstić information content (AvgIpc) is 2.68. The van der Waals surface area contributed by atoms with Crippen molar-refractivity contribution in [2.75, 3.05) is 0 Å². The number of carbonyl (C=O) groups excluding carboxylic acids is 1. The highest BCUT2D eigenvalue weighted by Crippen LogP contribution is 2.34. The van der Waals surface area contributed by atoms with Crippen molar-refractivity contribution in [2.45, 2.75) is 57.0 Å². The van der Waals surface area contributed by atoms with Crippen LogP contribution >= 0.6 is 11.8 Å². The Morgan fingerprint density at radius 2 is 1.39 bits per heavy atom. The standard InChI is InChI=1S/C23H27N3OS/c1-15(2)26(16(3)4)23(27)17(5)28-22-20-14-10-9-13-19(20)21(24-25-22)18-11-7-6-8-12-18/h6-17H,1-5H3. The van der Waals surface area contributed by atoms with Gasteiger partial charge in [-0.15, -0.1) is 10.2 Å². The first kappa shape index (κ1) is 20.3. The van der Waals surface area contributed by atoms with Gasteiger partial charge in [-0.1, -0.05) is 66.4 Å². The van der Waals surface area contributed by atoms with Crippen molar-refractivity contribution in [1.82, 2.24) is 15.1 Å². The number of hydrogen-bond donors (Lipinski definition) is 0. The van der Waals surface area contributed by atoms with Crippen LogP contribution in [0.3, 0.4) is 0 Å². The Kier molecular flexibility index (Phi) is 6.35. The van der Waals surface area contributed by atoms with E-state index in [4.69, 9.17) is 0 Å². The van der Waals surface area contributed by atoms with Gasteiger partial charge in [-0.25, -0.2) is 0 Å². The molecule has 0 aliphatic heterocycles. The minimum Gasteiger partial charge on any atom is -0.337 e. The van der Waals surface area contributed by atoms with E-state index in [2.05, 4.69) is 50.0 Å². The van der Waals surface area contributed by atoms with Crippen molar-refractivity contribution >= 4 is 28.4 Å². The minimum absolute atomic E-state index is 0.132. The van der Waals surface area contributed by atoms with E-state index in [0.717, 1.165) is 27.1 Å². The molecule has 2 aromatic carbocycles. The molecule has 0 spiro atoms. The summed E-state index contributed by atoms with van der Waals surface area (Å²) in [6.45, 7) is 10.2. The van der Waals surface area contributed by atoms with Gasteiger partial charge < -0.3 is 4.90 Å². The van der Waals surface area contributed by atoms with Crippen molar-refractivity contribution in [3.8, 4) is 11.3 Å². The number of aromatic nitrogens is 2. The Hall–Kier alpha value is -2.40. The van der Waals surface area contributed by atoms with Crippen molar-refractivity contribution in [1.29, 1.82) is 0 Å². The summed E-state index contributed by atoms with van der Waals surface area (Å²) < 4.78 is 0. The Morgan fingerprint density at radius 3 is 2.00 bits per heavy atom. The van der Waals surface area contributed by atoms with Crippen LogP contribution in [0.4, 0.5) is 0 Å². The zero-order valence-corrected chi connectivity index (χ0v) is 17.9. The molecule has 0 aliphatic rings. The summed E-state index contributed by atoms with van der Waals surface area (Å²) in [5.74, 6) is 0.132. The van der Waals surface area contributed by atoms with E-state index in [1.165, 1.54) is 11.8 Å². The van der Waals surface area contributed by atoms with Gasteiger partial charge in [0.15, 0.2) is 0 Å². The van der Waals surface area contributed by atoms with Crippen LogP contribution in [0.25, 0.3) is 22.0 Å². The molecule has 5 heteroatoms. The van der Waals surface area contributed by atoms with Gasteiger partial charge in [0.25, 0.3) is 0 Å². The van der Waals surface area contributed by atoms with Gasteiger partial charge in [0.2, 0.25) is 5.91 Å². The molecule has 1 amide bonds. The topological polar surface area (TPSA) is 46.1 Å². The van der Waals surface area contributed by atoms with Crippen LogP contribution in [0.5, 0.6) is 0 Å². The third-order valence-corrected chi connectivity index (χ3v) is 5.78. The van der Waals surface area contributed by atoms with E-state index < -0.39 is 0 Å². The molecule has 0 fully saturated rings. The molecular weight excluding hydrogens is 366 g/mol. The molecule has 3 aromatic rings. The van der Waals surface area contributed by atoms with Crippen LogP contribution in [0.1, 0.15) is 34.6 Å². The molecule has 0 N–H and O–H groups in total. The fourth-order valence-electron chi connectivity index (χ4n) is 3.51. The lowest BCUT2D eigenvalue weighted by atomic mass is 10.1. The van der Waals surface area contributed by atoms with Gasteiger partial charge in [-0.2, -0.15) is 0 Å². The van der Waals surface area contributed by atoms with Crippen LogP contribution < -0.4 is 0 Å². The first-order valence-corrected chi connectivity index (χ1v) is 10.6. The van der Waals surface area contributed by atoms with E-state index >= 15 is 0 Å². The lowest BCUT2D eigenvalue weighted by Gasteiger charge is -2.32. The summed E-state index contributed by atoms with van der Waals surface area (Å²) in [6, 6.07) is 18.5. The van der Waals surface area contributed by atoms with Gasteiger partial charge in [-0.05, 0) is 34.6 Å². The summed E-state index contributed by atoms with van der Waals surface area (Å²) in [7, 11) is 0. The quantitative estimate of drug-likeness (QED) is 0.524. The van der Waals surface area contributed by atoms with Gasteiger partial charge in [0.1, 0.15) is 10.7 Å². The van der Waals surface area contributed by atoms with E-state index in [-0.39, 0.29) is 23.2 Å². The summed E-state index contributed by atoms with van der Waals surface area (Å²) >= 11 is 1.48. The number of benzene rings is 2. The SMILES string of the molecule is CC(Sc1nnc(-c2ccccc2)c2ccccc12)C(=O)N(C(C)C)C(C)C. The Bertz CT molecular complexity index is 948. The van der Waals surface area contributed by atoms with E-state index in [1.54, 1.807) is 0 Å². The monoisotopic (exact) mass is 393 g/mol. The van der Waals surface area contributed by atoms with Gasteiger partial charge >= 0.3 is 0 Å². The fraction of sp³-hybridized carbons (Fsp3) is 0.348. The molecule has 1 aromatic heterocycles. The summed E-state index contributed by atoms with van der Waals surface area (Å²) in [5, 5.41) is 11.6. The predicted octanol–water partition coefficient (Wildman–Crippen LogP) is 5.42. The van der Waals surface area contributed by atoms with E-state index in [0.29, 0.717) is 0 Å². The molecule has 1 atom stereocenters. The maximum atomic E-state index is 13.0. The number of carbonyl (C=O) groups is 1. The summed E-state index contributed by atoms with van der Waals surface area (Å²) in [5.41, 5.74) is 1.91. The van der Waals surface area contributed by atoms with Crippen LogP contribution in [0.15, 0.2) is 59.6 Å². The van der Waals surface area contributed by atoms with Crippen molar-refractivity contribution in [2.24, 2.45) is 0 Å². The van der Waals surface area contributed by atoms with E-state index in [9.17, 15) is 4.79 Å². The van der Waals surface area contributed by atoms with Crippen LogP contribution in [-0.4, -0.2) is 38.3 Å². The number of fused-ring (bicyclic) bond motifs is 1. The smallest absolute Gasteiger partial charge is 0.236 e. The number of hydrogen-bond acceptors (Lipinski definition) is 4. The second kappa shape index (κ2) is 8.74. The molecule has 1 unspecified atom stereocenters. The second-order valence-corrected chi connectivity index (χ2v) is 8.79. The van der Waals surface area contributed by atoms with Gasteiger partial charge in [-0.3, -0.25) is 4.79 Å². The number of amides is 1. The molecule has 0 saturated heterocycles. The van der Waals surface area contributed by atoms with Crippen LogP contribution in [0, 0.1) is 0 Å². The molecule has 146 valence electrons. The third-order valence-electron chi connectivity index (χ3n) is 4.70. The number of thioether (sulfide) groups is 1. The zero-order valence-electron chi connectivity index (χ0n) is 17.1. The Labute approximate surface area is 171 Å². The maximum Gasteiger partial charge on any atom is 0.236 e. The molecule has 28 heavy (non-hydrogen) atoms. The van der Waals surface area contributed by atoms with Gasteiger partial charge in [0.05, 0.1) is 5.25 Å². The Balaban J connectivity index is 1.96. The van der Waals surface area contributed by atoms with Crippen molar-refractivity contribution in [3.05, 3.63) is 54.6 Å². The summed E-state index contributed by atoms with van der Waals surface area (Å²) in [6.07, 6.45) is 0. The normalized spacial score (nSPS) is 12.5. The predicted molar refractivity (Wildman–Crippen MR) is 117 cm³/mol. The summed E-state index contributed by atoms with van der Waals surface area (Å²) in [4.78, 5) is 14.9.